The molecule has 5 nitrogen and oxygen atoms in total. The number of benzene rings is 1. The van der Waals surface area contributed by atoms with Gasteiger partial charge in [-0.1, -0.05) is 13.3 Å². The summed E-state index contributed by atoms with van der Waals surface area (Å²) in [5.41, 5.74) is 0.542. The smallest absolute Gasteiger partial charge is 0.336 e. The topological polar surface area (TPSA) is 83.8 Å². The van der Waals surface area contributed by atoms with Crippen molar-refractivity contribution in [3.05, 3.63) is 23.3 Å². The van der Waals surface area contributed by atoms with Gasteiger partial charge >= 0.3 is 5.97 Å². The van der Waals surface area contributed by atoms with Crippen molar-refractivity contribution in [2.75, 3.05) is 6.61 Å². The minimum absolute atomic E-state index is 0.101. The largest absolute Gasteiger partial charge is 0.504 e. The zero-order valence-corrected chi connectivity index (χ0v) is 11.1. The molecular weight excluding hydrogens is 248 g/mol. The molecule has 0 spiro atoms. The molecule has 0 atom stereocenters. The molecule has 0 heterocycles. The number of hydrogen-bond donors (Lipinski definition) is 2. The van der Waals surface area contributed by atoms with E-state index >= 15 is 0 Å². The van der Waals surface area contributed by atoms with Crippen LogP contribution in [0.2, 0.25) is 0 Å². The summed E-state index contributed by atoms with van der Waals surface area (Å²) in [6, 6.07) is 2.62. The summed E-state index contributed by atoms with van der Waals surface area (Å²) in [5.74, 6) is -1.30. The lowest BCUT2D eigenvalue weighted by atomic mass is 10.00. The van der Waals surface area contributed by atoms with Gasteiger partial charge in [0.25, 0.3) is 0 Å². The number of aromatic carboxylic acids is 1. The lowest BCUT2D eigenvalue weighted by Crippen LogP contribution is -2.11. The van der Waals surface area contributed by atoms with Crippen molar-refractivity contribution in [3.8, 4) is 11.5 Å². The van der Waals surface area contributed by atoms with Crippen LogP contribution in [0.1, 0.15) is 42.6 Å². The van der Waals surface area contributed by atoms with Crippen LogP contribution in [-0.2, 0) is 11.2 Å². The molecule has 0 aliphatic heterocycles. The number of rotatable bonds is 7. The summed E-state index contributed by atoms with van der Waals surface area (Å²) in [7, 11) is 0. The Labute approximate surface area is 111 Å². The predicted octanol–water partition coefficient (Wildman–Crippen LogP) is 2.40. The van der Waals surface area contributed by atoms with Crippen LogP contribution in [0.3, 0.4) is 0 Å². The lowest BCUT2D eigenvalue weighted by Gasteiger charge is -2.14. The van der Waals surface area contributed by atoms with Crippen LogP contribution in [-0.4, -0.2) is 28.6 Å². The van der Waals surface area contributed by atoms with E-state index in [-0.39, 0.29) is 29.5 Å². The molecule has 1 rings (SSSR count). The Morgan fingerprint density at radius 2 is 2.00 bits per heavy atom. The van der Waals surface area contributed by atoms with Crippen molar-refractivity contribution in [1.29, 1.82) is 0 Å². The SMILES string of the molecule is CCCCc1c(C(=O)O)ccc(O)c1OCC(C)=O. The highest BCUT2D eigenvalue weighted by Crippen LogP contribution is 2.34. The molecule has 1 aromatic rings. The fourth-order valence-electron chi connectivity index (χ4n) is 1.75. The summed E-state index contributed by atoms with van der Waals surface area (Å²) >= 11 is 0. The van der Waals surface area contributed by atoms with Gasteiger partial charge in [-0.05, 0) is 31.9 Å². The summed E-state index contributed by atoms with van der Waals surface area (Å²) < 4.78 is 5.25. The number of Topliss-reactive ketones (excluding diaryl/α,β-unsaturated/α-hetero) is 1. The van der Waals surface area contributed by atoms with E-state index in [2.05, 4.69) is 0 Å². The molecule has 0 unspecified atom stereocenters. The first kappa shape index (κ1) is 15.0. The Bertz CT molecular complexity index is 479. The molecule has 0 aromatic heterocycles. The van der Waals surface area contributed by atoms with Gasteiger partial charge in [0.2, 0.25) is 0 Å². The van der Waals surface area contributed by atoms with E-state index in [1.165, 1.54) is 19.1 Å². The second-order valence-electron chi connectivity index (χ2n) is 4.34. The van der Waals surface area contributed by atoms with Crippen molar-refractivity contribution in [1.82, 2.24) is 0 Å². The number of carboxylic acid groups (broad SMARTS) is 1. The van der Waals surface area contributed by atoms with Crippen molar-refractivity contribution in [2.24, 2.45) is 0 Å². The van der Waals surface area contributed by atoms with E-state index in [0.717, 1.165) is 12.8 Å². The second kappa shape index (κ2) is 6.78. The Morgan fingerprint density at radius 3 is 2.53 bits per heavy atom. The maximum Gasteiger partial charge on any atom is 0.336 e. The van der Waals surface area contributed by atoms with Crippen molar-refractivity contribution in [3.63, 3.8) is 0 Å². The minimum atomic E-state index is -1.07. The number of hydrogen-bond acceptors (Lipinski definition) is 4. The normalized spacial score (nSPS) is 10.2. The summed E-state index contributed by atoms with van der Waals surface area (Å²) in [6.45, 7) is 3.17. The van der Waals surface area contributed by atoms with Crippen molar-refractivity contribution in [2.45, 2.75) is 33.1 Å². The molecule has 0 bridgehead atoms. The summed E-state index contributed by atoms with van der Waals surface area (Å²) in [4.78, 5) is 22.1. The maximum atomic E-state index is 11.2. The third-order valence-electron chi connectivity index (χ3n) is 2.67. The third kappa shape index (κ3) is 3.98. The van der Waals surface area contributed by atoms with Crippen LogP contribution in [0.4, 0.5) is 0 Å². The van der Waals surface area contributed by atoms with Gasteiger partial charge in [0, 0.05) is 5.56 Å². The molecular formula is C14H18O5. The van der Waals surface area contributed by atoms with Gasteiger partial charge in [-0.3, -0.25) is 4.79 Å². The molecule has 0 aliphatic carbocycles. The van der Waals surface area contributed by atoms with Crippen molar-refractivity contribution >= 4 is 11.8 Å². The first-order valence-corrected chi connectivity index (χ1v) is 6.17. The van der Waals surface area contributed by atoms with Gasteiger partial charge in [-0.2, -0.15) is 0 Å². The number of unbranched alkanes of at least 4 members (excludes halogenated alkanes) is 1. The molecule has 0 saturated heterocycles. The first-order valence-electron chi connectivity index (χ1n) is 6.17. The van der Waals surface area contributed by atoms with Crippen LogP contribution in [0.5, 0.6) is 11.5 Å². The molecule has 0 saturated carbocycles. The molecule has 0 fully saturated rings. The number of ketones is 1. The maximum absolute atomic E-state index is 11.2. The number of carbonyl (C=O) groups is 2. The molecule has 0 radical (unpaired) electrons. The van der Waals surface area contributed by atoms with Gasteiger partial charge in [0.05, 0.1) is 5.56 Å². The monoisotopic (exact) mass is 266 g/mol. The van der Waals surface area contributed by atoms with Gasteiger partial charge in [0.15, 0.2) is 17.3 Å². The number of phenols is 1. The molecule has 0 amide bonds. The number of phenolic OH excluding ortho intramolecular Hbond substituents is 1. The highest BCUT2D eigenvalue weighted by atomic mass is 16.5. The Kier molecular flexibility index (Phi) is 5.36. The van der Waals surface area contributed by atoms with Gasteiger partial charge in [0.1, 0.15) is 6.61 Å². The number of aromatic hydroxyl groups is 1. The van der Waals surface area contributed by atoms with E-state index in [1.54, 1.807) is 0 Å². The highest BCUT2D eigenvalue weighted by molar-refractivity contribution is 5.91. The second-order valence-corrected chi connectivity index (χ2v) is 4.34. The van der Waals surface area contributed by atoms with E-state index in [4.69, 9.17) is 9.84 Å². The highest BCUT2D eigenvalue weighted by Gasteiger charge is 2.18. The quantitative estimate of drug-likeness (QED) is 0.791. The standard InChI is InChI=1S/C14H18O5/c1-3-4-5-10-11(14(17)18)6-7-12(16)13(10)19-8-9(2)15/h6-7,16H,3-5,8H2,1-2H3,(H,17,18). The Hall–Kier alpha value is -2.04. The zero-order valence-electron chi connectivity index (χ0n) is 11.1. The molecule has 1 aromatic carbocycles. The first-order chi connectivity index (χ1) is 8.97. The average Bonchev–Trinajstić information content (AvgIpc) is 2.34. The summed E-state index contributed by atoms with van der Waals surface area (Å²) in [5, 5.41) is 18.9. The fraction of sp³-hybridized carbons (Fsp3) is 0.429. The Balaban J connectivity index is 3.18. The average molecular weight is 266 g/mol. The van der Waals surface area contributed by atoms with Gasteiger partial charge in [-0.15, -0.1) is 0 Å². The molecule has 2 N–H and O–H groups in total. The third-order valence-corrected chi connectivity index (χ3v) is 2.67. The van der Waals surface area contributed by atoms with Crippen LogP contribution >= 0.6 is 0 Å². The number of carboxylic acids is 1. The zero-order chi connectivity index (χ0) is 14.4. The molecule has 0 aliphatic rings. The number of ether oxygens (including phenoxy) is 1. The van der Waals surface area contributed by atoms with Gasteiger partial charge in [-0.25, -0.2) is 4.79 Å². The summed E-state index contributed by atoms with van der Waals surface area (Å²) in [6.07, 6.45) is 2.15. The van der Waals surface area contributed by atoms with Crippen LogP contribution in [0.15, 0.2) is 12.1 Å². The van der Waals surface area contributed by atoms with Crippen LogP contribution in [0.25, 0.3) is 0 Å². The minimum Gasteiger partial charge on any atom is -0.504 e. The van der Waals surface area contributed by atoms with E-state index in [0.29, 0.717) is 12.0 Å². The van der Waals surface area contributed by atoms with E-state index in [1.807, 2.05) is 6.92 Å². The molecule has 19 heavy (non-hydrogen) atoms. The van der Waals surface area contributed by atoms with Crippen LogP contribution in [0, 0.1) is 0 Å². The van der Waals surface area contributed by atoms with E-state index < -0.39 is 5.97 Å². The predicted molar refractivity (Wildman–Crippen MR) is 69.9 cm³/mol. The van der Waals surface area contributed by atoms with E-state index in [9.17, 15) is 14.7 Å². The van der Waals surface area contributed by atoms with Crippen molar-refractivity contribution < 1.29 is 24.5 Å². The Morgan fingerprint density at radius 1 is 1.32 bits per heavy atom. The fourth-order valence-corrected chi connectivity index (χ4v) is 1.75. The molecule has 5 heteroatoms. The molecule has 104 valence electrons. The van der Waals surface area contributed by atoms with Crippen LogP contribution < -0.4 is 4.74 Å². The number of carbonyl (C=O) groups excluding carboxylic acids is 1. The lowest BCUT2D eigenvalue weighted by molar-refractivity contribution is -0.118. The van der Waals surface area contributed by atoms with Gasteiger partial charge < -0.3 is 14.9 Å².